The summed E-state index contributed by atoms with van der Waals surface area (Å²) in [7, 11) is -3.62. The highest BCUT2D eigenvalue weighted by Gasteiger charge is 2.36. The fourth-order valence-electron chi connectivity index (χ4n) is 3.60. The number of nitrogens with one attached hydrogen (secondary N) is 2. The van der Waals surface area contributed by atoms with E-state index in [0.717, 1.165) is 23.1 Å². The number of fused-ring (bicyclic) bond motifs is 1. The van der Waals surface area contributed by atoms with E-state index in [4.69, 9.17) is 5.73 Å². The van der Waals surface area contributed by atoms with Crippen molar-refractivity contribution in [2.45, 2.75) is 26.3 Å². The second kappa shape index (κ2) is 6.94. The van der Waals surface area contributed by atoms with Crippen LogP contribution in [-0.2, 0) is 16.4 Å². The lowest BCUT2D eigenvalue weighted by Gasteiger charge is -2.41. The van der Waals surface area contributed by atoms with Crippen LogP contribution in [-0.4, -0.2) is 26.5 Å². The summed E-state index contributed by atoms with van der Waals surface area (Å²) in [6.07, 6.45) is 1.61. The molecule has 3 rings (SSSR count). The lowest BCUT2D eigenvalue weighted by atomic mass is 9.72. The number of anilines is 1. The van der Waals surface area contributed by atoms with E-state index in [1.54, 1.807) is 36.4 Å². The van der Waals surface area contributed by atoms with Gasteiger partial charge in [-0.2, -0.15) is 0 Å². The Kier molecular flexibility index (Phi) is 4.93. The Morgan fingerprint density at radius 2 is 1.86 bits per heavy atom. The van der Waals surface area contributed by atoms with Crippen LogP contribution in [0.2, 0.25) is 0 Å². The van der Waals surface area contributed by atoms with E-state index in [-0.39, 0.29) is 17.0 Å². The Morgan fingerprint density at radius 3 is 2.50 bits per heavy atom. The number of hydrogen-bond donors (Lipinski definition) is 3. The molecule has 0 aromatic heterocycles. The van der Waals surface area contributed by atoms with Gasteiger partial charge in [0.05, 0.1) is 12.3 Å². The first-order valence-electron chi connectivity index (χ1n) is 8.78. The Hall–Kier alpha value is -2.87. The normalized spacial score (nSPS) is 17.9. The zero-order valence-corrected chi connectivity index (χ0v) is 16.8. The number of amides is 2. The van der Waals surface area contributed by atoms with Crippen LogP contribution in [0.1, 0.15) is 51.7 Å². The number of benzene rings is 2. The minimum Gasteiger partial charge on any atom is -0.377 e. The molecule has 1 unspecified atom stereocenters. The predicted molar refractivity (Wildman–Crippen MR) is 108 cm³/mol. The molecule has 2 amide bonds. The van der Waals surface area contributed by atoms with E-state index in [9.17, 15) is 18.0 Å². The minimum absolute atomic E-state index is 0.0602. The minimum atomic E-state index is -3.62. The summed E-state index contributed by atoms with van der Waals surface area (Å²) in [4.78, 5) is 23.7. The standard InChI is InChI=1S/C20H23N3O4S/c1-20(2)11-15-10-14(19(25)23-28(3,26)27)7-8-16(15)22-17(20)12-5-4-6-13(9-12)18(21)24/h4-10,17,22H,11H2,1-3H3,(H2,21,24)(H,23,25). The summed E-state index contributed by atoms with van der Waals surface area (Å²) in [6.45, 7) is 4.18. The molecule has 8 heteroatoms. The largest absolute Gasteiger partial charge is 0.377 e. The van der Waals surface area contributed by atoms with E-state index in [2.05, 4.69) is 19.2 Å². The summed E-state index contributed by atoms with van der Waals surface area (Å²) >= 11 is 0. The first kappa shape index (κ1) is 19.9. The van der Waals surface area contributed by atoms with E-state index < -0.39 is 21.8 Å². The summed E-state index contributed by atoms with van der Waals surface area (Å²) in [5.74, 6) is -1.13. The molecular weight excluding hydrogens is 378 g/mol. The molecule has 0 aliphatic carbocycles. The van der Waals surface area contributed by atoms with Gasteiger partial charge in [-0.15, -0.1) is 0 Å². The number of carbonyl (C=O) groups is 2. The number of sulfonamides is 1. The number of nitrogens with two attached hydrogens (primary N) is 1. The molecule has 0 spiro atoms. The van der Waals surface area contributed by atoms with Gasteiger partial charge < -0.3 is 11.1 Å². The molecular formula is C20H23N3O4S. The first-order valence-corrected chi connectivity index (χ1v) is 10.7. The van der Waals surface area contributed by atoms with Gasteiger partial charge in [-0.3, -0.25) is 9.59 Å². The number of rotatable bonds is 4. The van der Waals surface area contributed by atoms with Crippen LogP contribution >= 0.6 is 0 Å². The topological polar surface area (TPSA) is 118 Å². The average Bonchev–Trinajstić information content (AvgIpc) is 2.58. The molecule has 2 aromatic rings. The monoisotopic (exact) mass is 401 g/mol. The molecule has 4 N–H and O–H groups in total. The van der Waals surface area contributed by atoms with Gasteiger partial charge in [0.25, 0.3) is 5.91 Å². The summed E-state index contributed by atoms with van der Waals surface area (Å²) in [6, 6.07) is 12.2. The Bertz CT molecular complexity index is 1060. The predicted octanol–water partition coefficient (Wildman–Crippen LogP) is 2.21. The van der Waals surface area contributed by atoms with Gasteiger partial charge in [0, 0.05) is 16.8 Å². The van der Waals surface area contributed by atoms with Crippen molar-refractivity contribution in [2.24, 2.45) is 11.1 Å². The Morgan fingerprint density at radius 1 is 1.14 bits per heavy atom. The maximum atomic E-state index is 12.1. The number of primary amides is 1. The van der Waals surface area contributed by atoms with Crippen molar-refractivity contribution < 1.29 is 18.0 Å². The zero-order valence-electron chi connectivity index (χ0n) is 15.9. The molecule has 0 radical (unpaired) electrons. The quantitative estimate of drug-likeness (QED) is 0.726. The third-order valence-electron chi connectivity index (χ3n) is 4.88. The molecule has 2 aromatic carbocycles. The summed E-state index contributed by atoms with van der Waals surface area (Å²) in [5.41, 5.74) is 8.66. The van der Waals surface area contributed by atoms with Gasteiger partial charge in [-0.1, -0.05) is 26.0 Å². The maximum absolute atomic E-state index is 12.1. The van der Waals surface area contributed by atoms with E-state index >= 15 is 0 Å². The van der Waals surface area contributed by atoms with Crippen molar-refractivity contribution in [1.29, 1.82) is 0 Å². The van der Waals surface area contributed by atoms with Crippen LogP contribution < -0.4 is 15.8 Å². The molecule has 1 heterocycles. The zero-order chi connectivity index (χ0) is 20.7. The lowest BCUT2D eigenvalue weighted by Crippen LogP contribution is -2.35. The van der Waals surface area contributed by atoms with Gasteiger partial charge in [0.2, 0.25) is 15.9 Å². The van der Waals surface area contributed by atoms with E-state index in [1.807, 2.05) is 10.8 Å². The van der Waals surface area contributed by atoms with Gasteiger partial charge in [-0.05, 0) is 53.3 Å². The second-order valence-electron chi connectivity index (χ2n) is 7.81. The molecule has 0 bridgehead atoms. The first-order chi connectivity index (χ1) is 13.0. The van der Waals surface area contributed by atoms with Gasteiger partial charge in [0.1, 0.15) is 0 Å². The third kappa shape index (κ3) is 4.17. The molecule has 148 valence electrons. The van der Waals surface area contributed by atoms with Gasteiger partial charge >= 0.3 is 0 Å². The van der Waals surface area contributed by atoms with Crippen LogP contribution in [0, 0.1) is 5.41 Å². The van der Waals surface area contributed by atoms with Crippen LogP contribution in [0.5, 0.6) is 0 Å². The molecule has 0 fully saturated rings. The molecule has 28 heavy (non-hydrogen) atoms. The highest BCUT2D eigenvalue weighted by Crippen LogP contribution is 2.45. The Balaban J connectivity index is 1.94. The van der Waals surface area contributed by atoms with Crippen molar-refractivity contribution in [2.75, 3.05) is 11.6 Å². The number of carbonyl (C=O) groups excluding carboxylic acids is 2. The highest BCUT2D eigenvalue weighted by molar-refractivity contribution is 7.89. The SMILES string of the molecule is CC1(C)Cc2cc(C(=O)NS(C)(=O)=O)ccc2NC1c1cccc(C(N)=O)c1. The number of hydrogen-bond acceptors (Lipinski definition) is 5. The fourth-order valence-corrected chi connectivity index (χ4v) is 4.05. The fraction of sp³-hybridized carbons (Fsp3) is 0.300. The third-order valence-corrected chi connectivity index (χ3v) is 5.43. The molecule has 1 aliphatic rings. The lowest BCUT2D eigenvalue weighted by molar-refractivity contribution is 0.0978. The van der Waals surface area contributed by atoms with Crippen LogP contribution in [0.3, 0.4) is 0 Å². The van der Waals surface area contributed by atoms with Crippen LogP contribution in [0.15, 0.2) is 42.5 Å². The van der Waals surface area contributed by atoms with Crippen molar-refractivity contribution >= 4 is 27.5 Å². The average molecular weight is 401 g/mol. The van der Waals surface area contributed by atoms with Crippen molar-refractivity contribution in [1.82, 2.24) is 4.72 Å². The van der Waals surface area contributed by atoms with E-state index in [1.165, 1.54) is 0 Å². The molecule has 0 saturated carbocycles. The van der Waals surface area contributed by atoms with Crippen molar-refractivity contribution in [3.63, 3.8) is 0 Å². The Labute approximate surface area is 164 Å². The summed E-state index contributed by atoms with van der Waals surface area (Å²) < 4.78 is 24.6. The second-order valence-corrected chi connectivity index (χ2v) is 9.56. The smallest absolute Gasteiger partial charge is 0.264 e. The van der Waals surface area contributed by atoms with Crippen molar-refractivity contribution in [3.8, 4) is 0 Å². The van der Waals surface area contributed by atoms with Gasteiger partial charge in [-0.25, -0.2) is 13.1 Å². The molecule has 7 nitrogen and oxygen atoms in total. The molecule has 1 aliphatic heterocycles. The van der Waals surface area contributed by atoms with Gasteiger partial charge in [0.15, 0.2) is 0 Å². The van der Waals surface area contributed by atoms with E-state index in [0.29, 0.717) is 12.0 Å². The maximum Gasteiger partial charge on any atom is 0.264 e. The van der Waals surface area contributed by atoms with Crippen molar-refractivity contribution in [3.05, 3.63) is 64.7 Å². The summed E-state index contributed by atoms with van der Waals surface area (Å²) in [5, 5.41) is 3.48. The van der Waals surface area contributed by atoms with Crippen LogP contribution in [0.25, 0.3) is 0 Å². The molecule has 0 saturated heterocycles. The molecule has 1 atom stereocenters. The highest BCUT2D eigenvalue weighted by atomic mass is 32.2. The van der Waals surface area contributed by atoms with Crippen LogP contribution in [0.4, 0.5) is 5.69 Å².